The Morgan fingerprint density at radius 3 is 2.13 bits per heavy atom. The van der Waals surface area contributed by atoms with Gasteiger partial charge in [-0.05, 0) is 61.9 Å². The zero-order chi connectivity index (χ0) is 28.0. The Morgan fingerprint density at radius 2 is 1.63 bits per heavy atom. The van der Waals surface area contributed by atoms with Gasteiger partial charge in [-0.25, -0.2) is 9.78 Å². The van der Waals surface area contributed by atoms with Crippen LogP contribution in [0.2, 0.25) is 0 Å². The van der Waals surface area contributed by atoms with Crippen LogP contribution >= 0.6 is 0 Å². The van der Waals surface area contributed by atoms with Gasteiger partial charge in [0.2, 0.25) is 0 Å². The van der Waals surface area contributed by atoms with E-state index in [1.807, 2.05) is 30.3 Å². The predicted molar refractivity (Wildman–Crippen MR) is 126 cm³/mol. The molecule has 0 aliphatic carbocycles. The molecule has 1 aliphatic rings. The minimum absolute atomic E-state index is 0.0237. The summed E-state index contributed by atoms with van der Waals surface area (Å²) in [5.41, 5.74) is -1.20. The molecule has 0 saturated carbocycles. The van der Waals surface area contributed by atoms with E-state index in [1.54, 1.807) is 0 Å². The molecule has 1 fully saturated rings. The summed E-state index contributed by atoms with van der Waals surface area (Å²) in [5.74, 6) is 0. The van der Waals surface area contributed by atoms with E-state index in [-0.39, 0.29) is 18.2 Å². The Hall–Kier alpha value is -2.22. The Balaban J connectivity index is 1.82. The Kier molecular flexibility index (Phi) is 9.82. The van der Waals surface area contributed by atoms with Crippen molar-refractivity contribution < 1.29 is 46.1 Å². The second kappa shape index (κ2) is 12.3. The van der Waals surface area contributed by atoms with Crippen molar-refractivity contribution in [3.63, 3.8) is 0 Å². The van der Waals surface area contributed by atoms with Crippen molar-refractivity contribution in [2.45, 2.75) is 62.1 Å². The molecule has 0 spiro atoms. The van der Waals surface area contributed by atoms with Gasteiger partial charge in [-0.2, -0.15) is 31.8 Å². The molecule has 1 aliphatic heterocycles. The number of halogens is 6. The molecule has 2 aromatic rings. The average molecular weight is 551 g/mol. The van der Waals surface area contributed by atoms with Crippen LogP contribution in [0.3, 0.4) is 0 Å². The number of ether oxygens (including phenoxy) is 1. The molecule has 1 saturated heterocycles. The molecule has 2 aromatic carbocycles. The molecule has 38 heavy (non-hydrogen) atoms. The third-order valence-electron chi connectivity index (χ3n) is 7.02. The quantitative estimate of drug-likeness (QED) is 0.135. The van der Waals surface area contributed by atoms with Crippen LogP contribution in [-0.4, -0.2) is 37.6 Å². The van der Waals surface area contributed by atoms with Gasteiger partial charge in [0.15, 0.2) is 0 Å². The van der Waals surface area contributed by atoms with Gasteiger partial charge in [0.1, 0.15) is 0 Å². The molecular formula is C26H32F6N2O4. The van der Waals surface area contributed by atoms with E-state index < -0.39 is 40.7 Å². The SMILES string of the molecule is COOCCC[C@@]1(NO)CC[C@@](CO[C@H](C)c2cc(C(F)(F)F)cc(C(F)(F)F)c2)(c2ccccc2)NC1. The summed E-state index contributed by atoms with van der Waals surface area (Å²) in [4.78, 5) is 9.49. The fraction of sp³-hybridized carbons (Fsp3) is 0.538. The minimum atomic E-state index is -4.94. The van der Waals surface area contributed by atoms with Crippen molar-refractivity contribution in [2.75, 3.05) is 26.9 Å². The fourth-order valence-corrected chi connectivity index (χ4v) is 4.67. The first-order valence-corrected chi connectivity index (χ1v) is 12.1. The van der Waals surface area contributed by atoms with Crippen molar-refractivity contribution in [1.82, 2.24) is 10.8 Å². The third-order valence-corrected chi connectivity index (χ3v) is 7.02. The Morgan fingerprint density at radius 1 is 1.00 bits per heavy atom. The first kappa shape index (κ1) is 30.3. The van der Waals surface area contributed by atoms with Crippen molar-refractivity contribution in [1.29, 1.82) is 0 Å². The van der Waals surface area contributed by atoms with Crippen LogP contribution in [0.5, 0.6) is 0 Å². The lowest BCUT2D eigenvalue weighted by Crippen LogP contribution is -2.62. The van der Waals surface area contributed by atoms with Gasteiger partial charge in [0, 0.05) is 6.54 Å². The summed E-state index contributed by atoms with van der Waals surface area (Å²) in [7, 11) is 1.40. The highest BCUT2D eigenvalue weighted by Gasteiger charge is 2.44. The smallest absolute Gasteiger partial charge is 0.372 e. The van der Waals surface area contributed by atoms with Gasteiger partial charge in [0.05, 0.1) is 48.6 Å². The summed E-state index contributed by atoms with van der Waals surface area (Å²) in [6, 6.07) is 10.7. The average Bonchev–Trinajstić information content (AvgIpc) is 2.90. The van der Waals surface area contributed by atoms with Crippen LogP contribution in [0.1, 0.15) is 61.0 Å². The molecule has 0 bridgehead atoms. The van der Waals surface area contributed by atoms with Gasteiger partial charge in [-0.15, -0.1) is 0 Å². The van der Waals surface area contributed by atoms with E-state index >= 15 is 0 Å². The van der Waals surface area contributed by atoms with Crippen molar-refractivity contribution in [3.05, 3.63) is 70.8 Å². The summed E-state index contributed by atoms with van der Waals surface area (Å²) in [6.07, 6.45) is -8.80. The van der Waals surface area contributed by atoms with Crippen LogP contribution in [0, 0.1) is 0 Å². The zero-order valence-corrected chi connectivity index (χ0v) is 21.1. The molecule has 0 amide bonds. The highest BCUT2D eigenvalue weighted by Crippen LogP contribution is 2.40. The Labute approximate surface area is 217 Å². The van der Waals surface area contributed by atoms with E-state index in [9.17, 15) is 31.5 Å². The zero-order valence-electron chi connectivity index (χ0n) is 21.1. The first-order valence-electron chi connectivity index (χ1n) is 12.1. The molecule has 3 N–H and O–H groups in total. The number of rotatable bonds is 11. The lowest BCUT2D eigenvalue weighted by Gasteiger charge is -2.47. The number of alkyl halides is 6. The Bertz CT molecular complexity index is 992. The molecule has 0 aromatic heterocycles. The fourth-order valence-electron chi connectivity index (χ4n) is 4.67. The second-order valence-corrected chi connectivity index (χ2v) is 9.58. The first-order chi connectivity index (χ1) is 17.8. The molecule has 3 rings (SSSR count). The van der Waals surface area contributed by atoms with Gasteiger partial charge >= 0.3 is 12.4 Å². The lowest BCUT2D eigenvalue weighted by molar-refractivity contribution is -0.273. The van der Waals surface area contributed by atoms with Crippen LogP contribution in [0.25, 0.3) is 0 Å². The minimum Gasteiger partial charge on any atom is -0.372 e. The van der Waals surface area contributed by atoms with Gasteiger partial charge in [-0.1, -0.05) is 30.3 Å². The number of nitrogens with one attached hydrogen (secondary N) is 2. The maximum atomic E-state index is 13.3. The lowest BCUT2D eigenvalue weighted by atomic mass is 9.75. The summed E-state index contributed by atoms with van der Waals surface area (Å²) >= 11 is 0. The molecule has 6 nitrogen and oxygen atoms in total. The van der Waals surface area contributed by atoms with Crippen LogP contribution in [0.4, 0.5) is 26.3 Å². The van der Waals surface area contributed by atoms with E-state index in [4.69, 9.17) is 9.62 Å². The van der Waals surface area contributed by atoms with Crippen LogP contribution < -0.4 is 10.8 Å². The molecule has 0 unspecified atom stereocenters. The van der Waals surface area contributed by atoms with Gasteiger partial charge < -0.3 is 15.3 Å². The predicted octanol–water partition coefficient (Wildman–Crippen LogP) is 6.16. The number of piperidine rings is 1. The van der Waals surface area contributed by atoms with E-state index in [0.29, 0.717) is 51.0 Å². The van der Waals surface area contributed by atoms with Crippen molar-refractivity contribution >= 4 is 0 Å². The molecule has 212 valence electrons. The van der Waals surface area contributed by atoms with Crippen molar-refractivity contribution in [2.24, 2.45) is 0 Å². The topological polar surface area (TPSA) is 72.0 Å². The summed E-state index contributed by atoms with van der Waals surface area (Å²) in [5, 5.41) is 13.3. The molecular weight excluding hydrogens is 518 g/mol. The van der Waals surface area contributed by atoms with E-state index in [0.717, 1.165) is 5.56 Å². The summed E-state index contributed by atoms with van der Waals surface area (Å²) in [6.45, 7) is 2.06. The maximum absolute atomic E-state index is 13.3. The van der Waals surface area contributed by atoms with Crippen LogP contribution in [0.15, 0.2) is 48.5 Å². The number of hydrogen-bond acceptors (Lipinski definition) is 6. The largest absolute Gasteiger partial charge is 0.416 e. The highest BCUT2D eigenvalue weighted by atomic mass is 19.4. The van der Waals surface area contributed by atoms with Gasteiger partial charge in [-0.3, -0.25) is 0 Å². The number of hydrogen-bond donors (Lipinski definition) is 3. The monoisotopic (exact) mass is 550 g/mol. The van der Waals surface area contributed by atoms with Crippen molar-refractivity contribution in [3.8, 4) is 0 Å². The number of hydroxylamine groups is 1. The van der Waals surface area contributed by atoms with Gasteiger partial charge in [0.25, 0.3) is 0 Å². The highest BCUT2D eigenvalue weighted by molar-refractivity contribution is 5.35. The second-order valence-electron chi connectivity index (χ2n) is 9.58. The normalized spacial score (nSPS) is 23.4. The van der Waals surface area contributed by atoms with Crippen LogP contribution in [-0.2, 0) is 32.4 Å². The summed E-state index contributed by atoms with van der Waals surface area (Å²) < 4.78 is 86.0. The van der Waals surface area contributed by atoms with E-state index in [2.05, 4.69) is 15.7 Å². The molecule has 12 heteroatoms. The molecule has 3 atom stereocenters. The number of benzene rings is 2. The third kappa shape index (κ3) is 7.45. The standard InChI is InChI=1S/C26H32F6N2O4/c1-18(19-13-21(25(27,28)29)15-22(14-19)26(30,31)32)37-17-24(20-7-4-3-5-8-20)11-10-23(34-35,16-33-24)9-6-12-38-36-2/h3-5,7-8,13-15,18,33-35H,6,9-12,16-17H2,1-2H3/t18-,23-,24-/m1/s1. The molecule has 0 radical (unpaired) electrons. The maximum Gasteiger partial charge on any atom is 0.416 e. The molecule has 1 heterocycles. The van der Waals surface area contributed by atoms with E-state index in [1.165, 1.54) is 14.0 Å².